The van der Waals surface area contributed by atoms with Crippen LogP contribution >= 0.6 is 0 Å². The van der Waals surface area contributed by atoms with Gasteiger partial charge in [-0.05, 0) is 36.5 Å². The first-order valence-corrected chi connectivity index (χ1v) is 7.97. The molecular formula is C18H18N2O4. The lowest BCUT2D eigenvalue weighted by atomic mass is 10.0. The highest BCUT2D eigenvalue weighted by atomic mass is 16.5. The molecule has 1 N–H and O–H groups in total. The van der Waals surface area contributed by atoms with Crippen LogP contribution in [0.25, 0.3) is 22.2 Å². The molecule has 6 nitrogen and oxygen atoms in total. The van der Waals surface area contributed by atoms with Gasteiger partial charge in [0.1, 0.15) is 5.75 Å². The van der Waals surface area contributed by atoms with E-state index in [4.69, 9.17) is 9.15 Å². The van der Waals surface area contributed by atoms with Crippen molar-refractivity contribution in [1.29, 1.82) is 0 Å². The van der Waals surface area contributed by atoms with Gasteiger partial charge in [-0.25, -0.2) is 4.98 Å². The minimum absolute atomic E-state index is 0.0682. The van der Waals surface area contributed by atoms with Crippen LogP contribution < -0.4 is 10.3 Å². The van der Waals surface area contributed by atoms with E-state index >= 15 is 0 Å². The number of aryl methyl sites for hydroxylation is 1. The summed E-state index contributed by atoms with van der Waals surface area (Å²) < 4.78 is 12.9. The molecule has 24 heavy (non-hydrogen) atoms. The van der Waals surface area contributed by atoms with E-state index in [9.17, 15) is 9.90 Å². The minimum atomic E-state index is -0.207. The number of fused-ring (bicyclic) bond motifs is 1. The Bertz CT molecular complexity index is 953. The molecule has 0 saturated heterocycles. The zero-order valence-corrected chi connectivity index (χ0v) is 13.4. The largest absolute Gasteiger partial charge is 0.493 e. The number of aromatic nitrogens is 2. The molecule has 0 spiro atoms. The van der Waals surface area contributed by atoms with Gasteiger partial charge < -0.3 is 18.8 Å². The maximum absolute atomic E-state index is 12.2. The fraction of sp³-hybridized carbons (Fsp3) is 0.333. The number of aliphatic hydroxyl groups excluding tert-OH is 1. The van der Waals surface area contributed by atoms with E-state index in [2.05, 4.69) is 4.98 Å². The highest BCUT2D eigenvalue weighted by Crippen LogP contribution is 2.36. The van der Waals surface area contributed by atoms with E-state index in [-0.39, 0.29) is 17.7 Å². The molecule has 4 rings (SSSR count). The summed E-state index contributed by atoms with van der Waals surface area (Å²) >= 11 is 0. The second-order valence-corrected chi connectivity index (χ2v) is 6.23. The van der Waals surface area contributed by atoms with E-state index < -0.39 is 0 Å². The van der Waals surface area contributed by atoms with Crippen LogP contribution in [0, 0.1) is 5.92 Å². The SMILES string of the molecule is Cn1cc(-c2cc(CO)ccc2OCC2CC2)c2ocnc2c1=O. The van der Waals surface area contributed by atoms with Gasteiger partial charge in [-0.15, -0.1) is 0 Å². The van der Waals surface area contributed by atoms with Crippen LogP contribution in [0.1, 0.15) is 18.4 Å². The molecule has 124 valence electrons. The van der Waals surface area contributed by atoms with Gasteiger partial charge in [0.15, 0.2) is 17.5 Å². The summed E-state index contributed by atoms with van der Waals surface area (Å²) in [4.78, 5) is 16.2. The number of nitrogens with zero attached hydrogens (tertiary/aromatic N) is 2. The Morgan fingerprint density at radius 2 is 2.21 bits per heavy atom. The van der Waals surface area contributed by atoms with Crippen molar-refractivity contribution in [1.82, 2.24) is 9.55 Å². The predicted octanol–water partition coefficient (Wildman–Crippen LogP) is 2.47. The van der Waals surface area contributed by atoms with Crippen molar-refractivity contribution in [3.05, 3.63) is 46.7 Å². The second-order valence-electron chi connectivity index (χ2n) is 6.23. The lowest BCUT2D eigenvalue weighted by molar-refractivity contribution is 0.280. The summed E-state index contributed by atoms with van der Waals surface area (Å²) in [6.07, 6.45) is 5.40. The third kappa shape index (κ3) is 2.59. The molecule has 3 aromatic rings. The summed E-state index contributed by atoms with van der Waals surface area (Å²) in [5, 5.41) is 9.47. The van der Waals surface area contributed by atoms with E-state index in [0.29, 0.717) is 18.1 Å². The van der Waals surface area contributed by atoms with Gasteiger partial charge in [0, 0.05) is 24.4 Å². The molecule has 2 heterocycles. The van der Waals surface area contributed by atoms with Gasteiger partial charge >= 0.3 is 0 Å². The Hall–Kier alpha value is -2.60. The Labute approximate surface area is 138 Å². The maximum Gasteiger partial charge on any atom is 0.280 e. The Morgan fingerprint density at radius 1 is 1.38 bits per heavy atom. The number of pyridine rings is 1. The Morgan fingerprint density at radius 3 is 2.96 bits per heavy atom. The zero-order chi connectivity index (χ0) is 16.7. The maximum atomic E-state index is 12.2. The average molecular weight is 326 g/mol. The summed E-state index contributed by atoms with van der Waals surface area (Å²) in [5.74, 6) is 1.34. The van der Waals surface area contributed by atoms with Crippen LogP contribution in [0.2, 0.25) is 0 Å². The molecule has 1 aliphatic carbocycles. The predicted molar refractivity (Wildman–Crippen MR) is 88.8 cm³/mol. The van der Waals surface area contributed by atoms with Crippen LogP contribution in [0.15, 0.2) is 40.0 Å². The normalized spacial score (nSPS) is 14.2. The number of benzene rings is 1. The van der Waals surface area contributed by atoms with Crippen LogP contribution in [-0.4, -0.2) is 21.3 Å². The van der Waals surface area contributed by atoms with Crippen molar-refractivity contribution < 1.29 is 14.3 Å². The smallest absolute Gasteiger partial charge is 0.280 e. The standard InChI is InChI=1S/C18H18N2O4/c1-20-7-14(17-16(18(20)22)19-10-24-17)13-6-12(8-21)4-5-15(13)23-9-11-2-3-11/h4-7,10-11,21H,2-3,8-9H2,1H3. The van der Waals surface area contributed by atoms with Crippen molar-refractivity contribution in [2.75, 3.05) is 6.61 Å². The van der Waals surface area contributed by atoms with Crippen LogP contribution in [0.3, 0.4) is 0 Å². The van der Waals surface area contributed by atoms with Crippen LogP contribution in [0.5, 0.6) is 5.75 Å². The molecule has 0 unspecified atom stereocenters. The zero-order valence-electron chi connectivity index (χ0n) is 13.4. The number of hydrogen-bond acceptors (Lipinski definition) is 5. The van der Waals surface area contributed by atoms with Crippen molar-refractivity contribution in [2.24, 2.45) is 13.0 Å². The Kier molecular flexibility index (Phi) is 3.61. The highest BCUT2D eigenvalue weighted by molar-refractivity contribution is 5.91. The fourth-order valence-corrected chi connectivity index (χ4v) is 2.76. The van der Waals surface area contributed by atoms with Crippen molar-refractivity contribution in [2.45, 2.75) is 19.4 Å². The number of aliphatic hydroxyl groups is 1. The van der Waals surface area contributed by atoms with Gasteiger partial charge in [0.25, 0.3) is 5.56 Å². The molecule has 0 bridgehead atoms. The van der Waals surface area contributed by atoms with Crippen molar-refractivity contribution >= 4 is 11.1 Å². The first-order valence-electron chi connectivity index (χ1n) is 7.97. The molecule has 1 saturated carbocycles. The third-order valence-corrected chi connectivity index (χ3v) is 4.35. The van der Waals surface area contributed by atoms with Gasteiger partial charge in [0.05, 0.1) is 13.2 Å². The number of hydrogen-bond donors (Lipinski definition) is 1. The van der Waals surface area contributed by atoms with Gasteiger partial charge in [-0.3, -0.25) is 4.79 Å². The summed E-state index contributed by atoms with van der Waals surface area (Å²) in [6.45, 7) is 0.609. The van der Waals surface area contributed by atoms with Gasteiger partial charge in [-0.1, -0.05) is 6.07 Å². The second kappa shape index (κ2) is 5.79. The quantitative estimate of drug-likeness (QED) is 0.779. The fourth-order valence-electron chi connectivity index (χ4n) is 2.76. The van der Waals surface area contributed by atoms with E-state index in [0.717, 1.165) is 22.4 Å². The van der Waals surface area contributed by atoms with Gasteiger partial charge in [-0.2, -0.15) is 0 Å². The Balaban J connectivity index is 1.89. The molecule has 0 amide bonds. The molecule has 0 aliphatic heterocycles. The van der Waals surface area contributed by atoms with Gasteiger partial charge in [0.2, 0.25) is 0 Å². The molecule has 2 aromatic heterocycles. The summed E-state index contributed by atoms with van der Waals surface area (Å²) in [6, 6.07) is 5.56. The molecule has 6 heteroatoms. The average Bonchev–Trinajstić information content (AvgIpc) is 3.30. The van der Waals surface area contributed by atoms with Crippen molar-refractivity contribution in [3.63, 3.8) is 0 Å². The summed E-state index contributed by atoms with van der Waals surface area (Å²) in [7, 11) is 1.68. The third-order valence-electron chi connectivity index (χ3n) is 4.35. The van der Waals surface area contributed by atoms with Crippen LogP contribution in [-0.2, 0) is 13.7 Å². The highest BCUT2D eigenvalue weighted by Gasteiger charge is 2.23. The number of rotatable bonds is 5. The lowest BCUT2D eigenvalue weighted by Gasteiger charge is -2.13. The number of oxazole rings is 1. The molecule has 1 aliphatic rings. The monoisotopic (exact) mass is 326 g/mol. The molecular weight excluding hydrogens is 308 g/mol. The van der Waals surface area contributed by atoms with E-state index in [1.165, 1.54) is 23.8 Å². The molecule has 1 fully saturated rings. The van der Waals surface area contributed by atoms with Crippen molar-refractivity contribution in [3.8, 4) is 16.9 Å². The number of ether oxygens (including phenoxy) is 1. The molecule has 0 radical (unpaired) electrons. The molecule has 0 atom stereocenters. The lowest BCUT2D eigenvalue weighted by Crippen LogP contribution is -2.16. The van der Waals surface area contributed by atoms with E-state index in [1.54, 1.807) is 13.2 Å². The molecule has 1 aromatic carbocycles. The first-order chi connectivity index (χ1) is 11.7. The first kappa shape index (κ1) is 15.0. The van der Waals surface area contributed by atoms with Crippen LogP contribution in [0.4, 0.5) is 0 Å². The summed E-state index contributed by atoms with van der Waals surface area (Å²) in [5.41, 5.74) is 2.80. The minimum Gasteiger partial charge on any atom is -0.493 e. The topological polar surface area (TPSA) is 77.5 Å². The van der Waals surface area contributed by atoms with E-state index in [1.807, 2.05) is 18.2 Å².